The van der Waals surface area contributed by atoms with E-state index in [2.05, 4.69) is 25.9 Å². The Bertz CT molecular complexity index is 540. The Morgan fingerprint density at radius 2 is 2.35 bits per heavy atom. The molecule has 0 spiro atoms. The Balaban J connectivity index is 2.17. The summed E-state index contributed by atoms with van der Waals surface area (Å²) in [6, 6.07) is 6.97. The van der Waals surface area contributed by atoms with Gasteiger partial charge in [0.15, 0.2) is 5.82 Å². The number of hydrogen-bond donors (Lipinski definition) is 3. The molecule has 1 unspecified atom stereocenters. The van der Waals surface area contributed by atoms with Gasteiger partial charge in [0, 0.05) is 0 Å². The average molecular weight is 229 g/mol. The maximum atomic E-state index is 8.73. The minimum atomic E-state index is -0.121. The maximum Gasteiger partial charge on any atom is 0.196 e. The largest absolute Gasteiger partial charge is 0.397 e. The third kappa shape index (κ3) is 2.31. The standard InChI is InChI=1S/C10H11N7/c1-6(10-14-16-17-15-10)13-9-3-2-7(5-11)4-8(9)12/h2-4,6,13H,12H2,1H3,(H,14,15,16,17). The number of nitriles is 1. The van der Waals surface area contributed by atoms with E-state index >= 15 is 0 Å². The van der Waals surface area contributed by atoms with Crippen LogP contribution in [0.4, 0.5) is 11.4 Å². The second-order valence-electron chi connectivity index (χ2n) is 3.55. The molecule has 0 aliphatic heterocycles. The zero-order valence-corrected chi connectivity index (χ0v) is 9.18. The Morgan fingerprint density at radius 1 is 1.53 bits per heavy atom. The lowest BCUT2D eigenvalue weighted by Crippen LogP contribution is -2.10. The molecule has 0 radical (unpaired) electrons. The van der Waals surface area contributed by atoms with Crippen LogP contribution in [-0.4, -0.2) is 20.6 Å². The third-order valence-electron chi connectivity index (χ3n) is 2.30. The van der Waals surface area contributed by atoms with Crippen LogP contribution < -0.4 is 11.1 Å². The lowest BCUT2D eigenvalue weighted by molar-refractivity contribution is 0.794. The van der Waals surface area contributed by atoms with Gasteiger partial charge >= 0.3 is 0 Å². The van der Waals surface area contributed by atoms with Gasteiger partial charge in [-0.1, -0.05) is 5.21 Å². The van der Waals surface area contributed by atoms with Crippen molar-refractivity contribution in [3.05, 3.63) is 29.6 Å². The number of nitrogens with one attached hydrogen (secondary N) is 2. The van der Waals surface area contributed by atoms with Gasteiger partial charge in [0.1, 0.15) is 0 Å². The quantitative estimate of drug-likeness (QED) is 0.671. The molecule has 4 N–H and O–H groups in total. The van der Waals surface area contributed by atoms with Crippen LogP contribution in [0, 0.1) is 11.3 Å². The summed E-state index contributed by atoms with van der Waals surface area (Å²) in [5.41, 5.74) is 7.60. The number of hydrogen-bond acceptors (Lipinski definition) is 6. The molecule has 0 amide bonds. The van der Waals surface area contributed by atoms with E-state index in [-0.39, 0.29) is 6.04 Å². The molecule has 1 aromatic carbocycles. The lowest BCUT2D eigenvalue weighted by Gasteiger charge is -2.13. The van der Waals surface area contributed by atoms with Crippen LogP contribution in [-0.2, 0) is 0 Å². The minimum Gasteiger partial charge on any atom is -0.397 e. The third-order valence-corrected chi connectivity index (χ3v) is 2.30. The summed E-state index contributed by atoms with van der Waals surface area (Å²) in [5.74, 6) is 0.550. The molecule has 1 heterocycles. The molecule has 0 bridgehead atoms. The topological polar surface area (TPSA) is 116 Å². The minimum absolute atomic E-state index is 0.121. The van der Waals surface area contributed by atoms with Crippen LogP contribution in [0.2, 0.25) is 0 Å². The molecule has 2 rings (SSSR count). The number of aromatic nitrogens is 4. The fraction of sp³-hybridized carbons (Fsp3) is 0.200. The molecule has 0 aliphatic carbocycles. The Morgan fingerprint density at radius 3 is 2.94 bits per heavy atom. The number of tetrazole rings is 1. The molecule has 0 saturated carbocycles. The monoisotopic (exact) mass is 229 g/mol. The normalized spacial score (nSPS) is 11.8. The summed E-state index contributed by atoms with van der Waals surface area (Å²) in [6.45, 7) is 1.89. The number of nitrogen functional groups attached to an aromatic ring is 1. The van der Waals surface area contributed by atoms with Crippen molar-refractivity contribution < 1.29 is 0 Å². The predicted molar refractivity (Wildman–Crippen MR) is 61.8 cm³/mol. The van der Waals surface area contributed by atoms with Gasteiger partial charge in [-0.25, -0.2) is 0 Å². The summed E-state index contributed by atoms with van der Waals surface area (Å²) in [4.78, 5) is 0. The van der Waals surface area contributed by atoms with E-state index in [1.807, 2.05) is 13.0 Å². The Labute approximate surface area is 97.6 Å². The molecule has 0 aliphatic rings. The van der Waals surface area contributed by atoms with Crippen LogP contribution >= 0.6 is 0 Å². The van der Waals surface area contributed by atoms with Crippen LogP contribution in [0.3, 0.4) is 0 Å². The van der Waals surface area contributed by atoms with Gasteiger partial charge in [-0.05, 0) is 25.1 Å². The summed E-state index contributed by atoms with van der Waals surface area (Å²) in [6.07, 6.45) is 0. The zero-order chi connectivity index (χ0) is 12.3. The highest BCUT2D eigenvalue weighted by Crippen LogP contribution is 2.23. The Kier molecular flexibility index (Phi) is 2.87. The van der Waals surface area contributed by atoms with Crippen LogP contribution in [0.1, 0.15) is 24.4 Å². The first-order chi connectivity index (χ1) is 8.20. The number of H-pyrrole nitrogens is 1. The van der Waals surface area contributed by atoms with Gasteiger partial charge in [-0.3, -0.25) is 0 Å². The van der Waals surface area contributed by atoms with Crippen LogP contribution in [0.5, 0.6) is 0 Å². The van der Waals surface area contributed by atoms with E-state index in [1.165, 1.54) is 0 Å². The van der Waals surface area contributed by atoms with Crippen molar-refractivity contribution in [2.24, 2.45) is 0 Å². The summed E-state index contributed by atoms with van der Waals surface area (Å²) >= 11 is 0. The molecule has 0 saturated heterocycles. The first-order valence-electron chi connectivity index (χ1n) is 5.00. The number of aromatic amines is 1. The van der Waals surface area contributed by atoms with Gasteiger partial charge in [0.05, 0.1) is 29.0 Å². The van der Waals surface area contributed by atoms with Crippen molar-refractivity contribution in [3.8, 4) is 6.07 Å². The van der Waals surface area contributed by atoms with Crippen molar-refractivity contribution >= 4 is 11.4 Å². The average Bonchev–Trinajstić information content (AvgIpc) is 2.85. The van der Waals surface area contributed by atoms with Crippen molar-refractivity contribution in [3.63, 3.8) is 0 Å². The summed E-state index contributed by atoms with van der Waals surface area (Å²) in [5, 5.41) is 25.5. The van der Waals surface area contributed by atoms with Crippen LogP contribution in [0.15, 0.2) is 18.2 Å². The summed E-state index contributed by atoms with van der Waals surface area (Å²) < 4.78 is 0. The lowest BCUT2D eigenvalue weighted by atomic mass is 10.1. The number of nitrogens with two attached hydrogens (primary N) is 1. The van der Waals surface area contributed by atoms with E-state index in [0.29, 0.717) is 17.1 Å². The maximum absolute atomic E-state index is 8.73. The smallest absolute Gasteiger partial charge is 0.196 e. The van der Waals surface area contributed by atoms with Gasteiger partial charge in [-0.15, -0.1) is 10.2 Å². The van der Waals surface area contributed by atoms with E-state index in [0.717, 1.165) is 5.69 Å². The highest BCUT2D eigenvalue weighted by atomic mass is 15.5. The zero-order valence-electron chi connectivity index (χ0n) is 9.18. The first kappa shape index (κ1) is 10.9. The highest BCUT2D eigenvalue weighted by molar-refractivity contribution is 5.68. The molecule has 86 valence electrons. The fourth-order valence-corrected chi connectivity index (χ4v) is 1.41. The molecular weight excluding hydrogens is 218 g/mol. The van der Waals surface area contributed by atoms with Crippen molar-refractivity contribution in [2.75, 3.05) is 11.1 Å². The molecule has 7 heteroatoms. The highest BCUT2D eigenvalue weighted by Gasteiger charge is 2.11. The van der Waals surface area contributed by atoms with Gasteiger partial charge < -0.3 is 11.1 Å². The number of nitrogens with zero attached hydrogens (tertiary/aromatic N) is 4. The van der Waals surface area contributed by atoms with E-state index in [1.54, 1.807) is 18.2 Å². The molecule has 2 aromatic rings. The first-order valence-corrected chi connectivity index (χ1v) is 5.00. The second-order valence-corrected chi connectivity index (χ2v) is 3.55. The molecule has 1 aromatic heterocycles. The number of anilines is 2. The molecule has 7 nitrogen and oxygen atoms in total. The predicted octanol–water partition coefficient (Wildman–Crippen LogP) is 0.827. The molecular formula is C10H11N7. The SMILES string of the molecule is CC(Nc1ccc(C#N)cc1N)c1nn[nH]n1. The van der Waals surface area contributed by atoms with E-state index in [4.69, 9.17) is 11.0 Å². The molecule has 1 atom stereocenters. The van der Waals surface area contributed by atoms with E-state index < -0.39 is 0 Å². The fourth-order valence-electron chi connectivity index (χ4n) is 1.41. The molecule has 17 heavy (non-hydrogen) atoms. The van der Waals surface area contributed by atoms with Gasteiger partial charge in [-0.2, -0.15) is 10.5 Å². The van der Waals surface area contributed by atoms with Crippen molar-refractivity contribution in [2.45, 2.75) is 13.0 Å². The summed E-state index contributed by atoms with van der Waals surface area (Å²) in [7, 11) is 0. The molecule has 0 fully saturated rings. The number of benzene rings is 1. The Hall–Kier alpha value is -2.62. The van der Waals surface area contributed by atoms with Crippen molar-refractivity contribution in [1.29, 1.82) is 5.26 Å². The number of rotatable bonds is 3. The van der Waals surface area contributed by atoms with Crippen molar-refractivity contribution in [1.82, 2.24) is 20.6 Å². The van der Waals surface area contributed by atoms with Gasteiger partial charge in [0.25, 0.3) is 0 Å². The second kappa shape index (κ2) is 4.49. The van der Waals surface area contributed by atoms with Gasteiger partial charge in [0.2, 0.25) is 0 Å². The van der Waals surface area contributed by atoms with Crippen LogP contribution in [0.25, 0.3) is 0 Å². The van der Waals surface area contributed by atoms with E-state index in [9.17, 15) is 0 Å².